The van der Waals surface area contributed by atoms with E-state index in [-0.39, 0.29) is 0 Å². The Morgan fingerprint density at radius 1 is 1.55 bits per heavy atom. The summed E-state index contributed by atoms with van der Waals surface area (Å²) in [7, 11) is 1.59. The molecule has 1 aromatic heterocycles. The number of ether oxygens (including phenoxy) is 1. The van der Waals surface area contributed by atoms with Crippen LogP contribution in [-0.2, 0) is 16.1 Å². The first-order valence-electron chi connectivity index (χ1n) is 6.38. The molecule has 1 atom stereocenters. The molecule has 1 rings (SSSR count). The molecule has 0 fully saturated rings. The number of rotatable bonds is 8. The number of carboxylic acids is 1. The zero-order valence-corrected chi connectivity index (χ0v) is 11.6. The molecule has 8 heteroatoms. The third-order valence-corrected chi connectivity index (χ3v) is 2.60. The van der Waals surface area contributed by atoms with Crippen LogP contribution in [0.2, 0.25) is 0 Å². The lowest BCUT2D eigenvalue weighted by Gasteiger charge is -2.13. The zero-order chi connectivity index (χ0) is 15.0. The Bertz CT molecular complexity index is 446. The molecule has 0 aliphatic carbocycles. The van der Waals surface area contributed by atoms with Gasteiger partial charge in [-0.05, 0) is 6.42 Å². The van der Waals surface area contributed by atoms with Crippen molar-refractivity contribution in [3.63, 3.8) is 0 Å². The second kappa shape index (κ2) is 8.16. The number of amides is 2. The van der Waals surface area contributed by atoms with E-state index in [1.165, 1.54) is 6.20 Å². The molecule has 112 valence electrons. The molecule has 0 aliphatic rings. The lowest BCUT2D eigenvalue weighted by molar-refractivity contribution is -0.139. The van der Waals surface area contributed by atoms with Gasteiger partial charge in [-0.25, -0.2) is 9.59 Å². The van der Waals surface area contributed by atoms with Crippen molar-refractivity contribution in [1.29, 1.82) is 0 Å². The number of methoxy groups -OCH3 is 1. The highest BCUT2D eigenvalue weighted by molar-refractivity contribution is 5.91. The van der Waals surface area contributed by atoms with E-state index in [0.29, 0.717) is 31.7 Å². The van der Waals surface area contributed by atoms with Crippen molar-refractivity contribution in [2.45, 2.75) is 32.4 Å². The molecule has 0 aliphatic heterocycles. The summed E-state index contributed by atoms with van der Waals surface area (Å²) in [6, 6.07) is -1.44. The van der Waals surface area contributed by atoms with Crippen molar-refractivity contribution in [2.24, 2.45) is 0 Å². The minimum absolute atomic E-state index is 0.385. The van der Waals surface area contributed by atoms with Crippen LogP contribution in [0.1, 0.15) is 19.8 Å². The van der Waals surface area contributed by atoms with Crippen LogP contribution in [0.5, 0.6) is 0 Å². The van der Waals surface area contributed by atoms with Gasteiger partial charge in [0.05, 0.1) is 25.0 Å². The minimum Gasteiger partial charge on any atom is -0.480 e. The smallest absolute Gasteiger partial charge is 0.326 e. The molecular weight excluding hydrogens is 264 g/mol. The quantitative estimate of drug-likeness (QED) is 0.658. The van der Waals surface area contributed by atoms with E-state index in [0.717, 1.165) is 0 Å². The molecule has 0 spiro atoms. The van der Waals surface area contributed by atoms with Crippen molar-refractivity contribution in [3.05, 3.63) is 12.4 Å². The number of carbonyl (C=O) groups excluding carboxylic acids is 1. The van der Waals surface area contributed by atoms with Crippen LogP contribution in [0, 0.1) is 0 Å². The number of nitrogens with one attached hydrogen (secondary N) is 2. The van der Waals surface area contributed by atoms with Gasteiger partial charge in [-0.2, -0.15) is 5.10 Å². The molecule has 0 aromatic carbocycles. The van der Waals surface area contributed by atoms with Gasteiger partial charge in [0.2, 0.25) is 0 Å². The maximum atomic E-state index is 11.7. The number of anilines is 1. The van der Waals surface area contributed by atoms with Crippen LogP contribution in [0.15, 0.2) is 12.4 Å². The molecule has 0 saturated carbocycles. The van der Waals surface area contributed by atoms with Crippen LogP contribution in [0.25, 0.3) is 0 Å². The second-order valence-corrected chi connectivity index (χ2v) is 4.26. The van der Waals surface area contributed by atoms with Crippen molar-refractivity contribution < 1.29 is 19.4 Å². The van der Waals surface area contributed by atoms with Crippen molar-refractivity contribution in [1.82, 2.24) is 15.1 Å². The molecule has 0 saturated heterocycles. The highest BCUT2D eigenvalue weighted by Crippen LogP contribution is 2.05. The second-order valence-electron chi connectivity index (χ2n) is 4.26. The van der Waals surface area contributed by atoms with Crippen LogP contribution >= 0.6 is 0 Å². The van der Waals surface area contributed by atoms with Crippen molar-refractivity contribution in [3.8, 4) is 0 Å². The molecule has 1 heterocycles. The summed E-state index contributed by atoms with van der Waals surface area (Å²) in [6.07, 6.45) is 4.20. The van der Waals surface area contributed by atoms with Gasteiger partial charge in [0.25, 0.3) is 0 Å². The first kappa shape index (κ1) is 16.0. The first-order chi connectivity index (χ1) is 9.56. The molecule has 2 amide bonds. The maximum Gasteiger partial charge on any atom is 0.326 e. The first-order valence-corrected chi connectivity index (χ1v) is 6.38. The van der Waals surface area contributed by atoms with Gasteiger partial charge < -0.3 is 20.5 Å². The van der Waals surface area contributed by atoms with Crippen molar-refractivity contribution >= 4 is 17.7 Å². The summed E-state index contributed by atoms with van der Waals surface area (Å²) >= 11 is 0. The predicted octanol–water partition coefficient (Wildman–Crippen LogP) is 0.904. The highest BCUT2D eigenvalue weighted by atomic mass is 16.5. The third kappa shape index (κ3) is 5.27. The lowest BCUT2D eigenvalue weighted by atomic mass is 10.2. The number of carbonyl (C=O) groups is 2. The molecule has 8 nitrogen and oxygen atoms in total. The number of nitrogens with zero attached hydrogens (tertiary/aromatic N) is 2. The monoisotopic (exact) mass is 284 g/mol. The fraction of sp³-hybridized carbons (Fsp3) is 0.583. The number of urea groups is 1. The van der Waals surface area contributed by atoms with E-state index in [1.54, 1.807) is 18.0 Å². The molecule has 3 N–H and O–H groups in total. The number of hydrogen-bond donors (Lipinski definition) is 3. The highest BCUT2D eigenvalue weighted by Gasteiger charge is 2.18. The van der Waals surface area contributed by atoms with E-state index < -0.39 is 18.0 Å². The van der Waals surface area contributed by atoms with Crippen LogP contribution < -0.4 is 10.6 Å². The summed E-state index contributed by atoms with van der Waals surface area (Å²) < 4.78 is 6.54. The Hall–Kier alpha value is -2.09. The number of aromatic nitrogens is 2. The van der Waals surface area contributed by atoms with E-state index in [2.05, 4.69) is 15.7 Å². The Labute approximate surface area is 117 Å². The maximum absolute atomic E-state index is 11.7. The SMILES string of the molecule is CCC[C@H](NC(=O)Nc1cnn(CCOC)c1)C(=O)O. The summed E-state index contributed by atoms with van der Waals surface area (Å²) in [4.78, 5) is 22.6. The molecule has 0 bridgehead atoms. The number of hydrogen-bond acceptors (Lipinski definition) is 4. The summed E-state index contributed by atoms with van der Waals surface area (Å²) in [5, 5.41) is 17.9. The third-order valence-electron chi connectivity index (χ3n) is 2.60. The standard InChI is InChI=1S/C12H20N4O4/c1-3-4-10(11(17)18)15-12(19)14-9-7-13-16(8-9)5-6-20-2/h7-8,10H,3-6H2,1-2H3,(H,17,18)(H2,14,15,19)/t10-/m0/s1. The Balaban J connectivity index is 2.48. The van der Waals surface area contributed by atoms with Crippen molar-refractivity contribution in [2.75, 3.05) is 19.0 Å². The van der Waals surface area contributed by atoms with Gasteiger partial charge in [0.1, 0.15) is 6.04 Å². The molecule has 20 heavy (non-hydrogen) atoms. The fourth-order valence-electron chi connectivity index (χ4n) is 1.61. The van der Waals surface area contributed by atoms with Gasteiger partial charge >= 0.3 is 12.0 Å². The number of carboxylic acid groups (broad SMARTS) is 1. The average Bonchev–Trinajstić information content (AvgIpc) is 2.83. The average molecular weight is 284 g/mol. The van der Waals surface area contributed by atoms with Crippen LogP contribution in [0.4, 0.5) is 10.5 Å². The van der Waals surface area contributed by atoms with Gasteiger partial charge in [-0.1, -0.05) is 13.3 Å². The van der Waals surface area contributed by atoms with E-state index >= 15 is 0 Å². The molecule has 0 unspecified atom stereocenters. The predicted molar refractivity (Wildman–Crippen MR) is 72.6 cm³/mol. The normalized spacial score (nSPS) is 11.9. The van der Waals surface area contributed by atoms with Gasteiger partial charge in [0, 0.05) is 13.3 Å². The van der Waals surface area contributed by atoms with E-state index in [9.17, 15) is 9.59 Å². The van der Waals surface area contributed by atoms with E-state index in [4.69, 9.17) is 9.84 Å². The minimum atomic E-state index is -1.04. The molecule has 0 radical (unpaired) electrons. The fourth-order valence-corrected chi connectivity index (χ4v) is 1.61. The topological polar surface area (TPSA) is 105 Å². The molecular formula is C12H20N4O4. The van der Waals surface area contributed by atoms with Gasteiger partial charge in [-0.15, -0.1) is 0 Å². The lowest BCUT2D eigenvalue weighted by Crippen LogP contribution is -2.42. The van der Waals surface area contributed by atoms with E-state index in [1.807, 2.05) is 6.92 Å². The largest absolute Gasteiger partial charge is 0.480 e. The van der Waals surface area contributed by atoms with Crippen LogP contribution in [-0.4, -0.2) is 46.6 Å². The Morgan fingerprint density at radius 3 is 2.90 bits per heavy atom. The van der Waals surface area contributed by atoms with Gasteiger partial charge in [0.15, 0.2) is 0 Å². The van der Waals surface area contributed by atoms with Crippen LogP contribution in [0.3, 0.4) is 0 Å². The Morgan fingerprint density at radius 2 is 2.30 bits per heavy atom. The summed E-state index contributed by atoms with van der Waals surface area (Å²) in [6.45, 7) is 2.95. The van der Waals surface area contributed by atoms with Gasteiger partial charge in [-0.3, -0.25) is 4.68 Å². The summed E-state index contributed by atoms with van der Waals surface area (Å²) in [5.41, 5.74) is 0.499. The summed E-state index contributed by atoms with van der Waals surface area (Å²) in [5.74, 6) is -1.04. The Kier molecular flexibility index (Phi) is 6.51. The number of aliphatic carboxylic acids is 1. The molecule has 1 aromatic rings. The zero-order valence-electron chi connectivity index (χ0n) is 11.6.